The van der Waals surface area contributed by atoms with Gasteiger partial charge >= 0.3 is 5.82 Å². The highest BCUT2D eigenvalue weighted by Gasteiger charge is 2.32. The zero-order valence-electron chi connectivity index (χ0n) is 9.72. The zero-order chi connectivity index (χ0) is 12.5. The van der Waals surface area contributed by atoms with E-state index in [4.69, 9.17) is 0 Å². The normalized spacial score (nSPS) is 18.2. The molecule has 1 aromatic heterocycles. The summed E-state index contributed by atoms with van der Waals surface area (Å²) in [5, 5.41) is 23.8. The van der Waals surface area contributed by atoms with Crippen LogP contribution in [0.4, 0.5) is 11.6 Å². The number of imidazole rings is 1. The molecular weight excluding hydrogens is 224 g/mol. The highest BCUT2D eigenvalue weighted by Crippen LogP contribution is 2.30. The Morgan fingerprint density at radius 3 is 2.88 bits per heavy atom. The van der Waals surface area contributed by atoms with Gasteiger partial charge in [-0.25, -0.2) is 0 Å². The summed E-state index contributed by atoms with van der Waals surface area (Å²) in [6.45, 7) is 0.327. The Bertz CT molecular complexity index is 423. The van der Waals surface area contributed by atoms with Gasteiger partial charge in [0.05, 0.1) is 5.60 Å². The lowest BCUT2D eigenvalue weighted by molar-refractivity contribution is -0.388. The molecule has 2 rings (SSSR count). The van der Waals surface area contributed by atoms with Crippen molar-refractivity contribution in [1.82, 2.24) is 9.55 Å². The number of hydrogen-bond acceptors (Lipinski definition) is 5. The van der Waals surface area contributed by atoms with E-state index in [0.29, 0.717) is 12.4 Å². The van der Waals surface area contributed by atoms with Crippen molar-refractivity contribution in [2.24, 2.45) is 7.05 Å². The third-order valence-electron chi connectivity index (χ3n) is 3.21. The van der Waals surface area contributed by atoms with E-state index in [0.717, 1.165) is 25.7 Å². The summed E-state index contributed by atoms with van der Waals surface area (Å²) < 4.78 is 1.55. The Morgan fingerprint density at radius 1 is 1.65 bits per heavy atom. The van der Waals surface area contributed by atoms with Crippen LogP contribution in [0.2, 0.25) is 0 Å². The standard InChI is InChI=1S/C10H16N4O3/c1-13-7-12-9(14(16)17)8(13)11-6-10(15)4-2-3-5-10/h7,11,15H,2-6H2,1H3. The molecule has 0 amide bonds. The maximum Gasteiger partial charge on any atom is 0.406 e. The highest BCUT2D eigenvalue weighted by atomic mass is 16.6. The van der Waals surface area contributed by atoms with Crippen LogP contribution in [0.5, 0.6) is 0 Å². The summed E-state index contributed by atoms with van der Waals surface area (Å²) in [6, 6.07) is 0. The molecule has 0 bridgehead atoms. The molecule has 7 nitrogen and oxygen atoms in total. The first-order chi connectivity index (χ1) is 8.02. The number of nitrogens with one attached hydrogen (secondary N) is 1. The minimum Gasteiger partial charge on any atom is -0.388 e. The van der Waals surface area contributed by atoms with Crippen LogP contribution in [-0.4, -0.2) is 31.7 Å². The molecule has 0 atom stereocenters. The quantitative estimate of drug-likeness (QED) is 0.606. The Labute approximate surface area is 98.6 Å². The van der Waals surface area contributed by atoms with E-state index in [2.05, 4.69) is 10.3 Å². The third kappa shape index (κ3) is 2.38. The van der Waals surface area contributed by atoms with Crippen molar-refractivity contribution in [3.63, 3.8) is 0 Å². The molecule has 0 spiro atoms. The molecule has 1 heterocycles. The minimum absolute atomic E-state index is 0.200. The molecule has 7 heteroatoms. The van der Waals surface area contributed by atoms with Gasteiger partial charge in [-0.3, -0.25) is 4.57 Å². The summed E-state index contributed by atoms with van der Waals surface area (Å²) >= 11 is 0. The largest absolute Gasteiger partial charge is 0.406 e. The predicted octanol–water partition coefficient (Wildman–Crippen LogP) is 1.05. The number of rotatable bonds is 4. The van der Waals surface area contributed by atoms with Crippen molar-refractivity contribution < 1.29 is 10.0 Å². The maximum atomic E-state index is 10.7. The maximum absolute atomic E-state index is 10.7. The minimum atomic E-state index is -0.738. The lowest BCUT2D eigenvalue weighted by Gasteiger charge is -2.22. The van der Waals surface area contributed by atoms with Gasteiger partial charge in [-0.05, 0) is 22.7 Å². The van der Waals surface area contributed by atoms with Crippen LogP contribution in [0.15, 0.2) is 6.33 Å². The highest BCUT2D eigenvalue weighted by molar-refractivity contribution is 5.52. The smallest absolute Gasteiger partial charge is 0.388 e. The first kappa shape index (κ1) is 11.8. The fourth-order valence-corrected chi connectivity index (χ4v) is 2.21. The van der Waals surface area contributed by atoms with Crippen molar-refractivity contribution >= 4 is 11.6 Å². The van der Waals surface area contributed by atoms with E-state index in [9.17, 15) is 15.2 Å². The van der Waals surface area contributed by atoms with E-state index in [-0.39, 0.29) is 5.82 Å². The third-order valence-corrected chi connectivity index (χ3v) is 3.21. The van der Waals surface area contributed by atoms with Gasteiger partial charge in [0, 0.05) is 13.6 Å². The van der Waals surface area contributed by atoms with Crippen molar-refractivity contribution in [2.45, 2.75) is 31.3 Å². The number of nitro groups is 1. The van der Waals surface area contributed by atoms with Gasteiger partial charge in [-0.2, -0.15) is 0 Å². The summed E-state index contributed by atoms with van der Waals surface area (Å²) in [5.41, 5.74) is -0.738. The number of aliphatic hydroxyl groups is 1. The number of aromatic nitrogens is 2. The van der Waals surface area contributed by atoms with Gasteiger partial charge in [0.1, 0.15) is 0 Å². The van der Waals surface area contributed by atoms with Gasteiger partial charge in [-0.15, -0.1) is 0 Å². The lowest BCUT2D eigenvalue weighted by atomic mass is 10.0. The molecule has 1 aliphatic carbocycles. The number of anilines is 1. The second-order valence-electron chi connectivity index (χ2n) is 4.57. The summed E-state index contributed by atoms with van der Waals surface area (Å²) in [7, 11) is 1.68. The predicted molar refractivity (Wildman–Crippen MR) is 61.8 cm³/mol. The molecule has 17 heavy (non-hydrogen) atoms. The molecule has 1 saturated carbocycles. The van der Waals surface area contributed by atoms with Crippen LogP contribution in [0.3, 0.4) is 0 Å². The van der Waals surface area contributed by atoms with Crippen LogP contribution < -0.4 is 5.32 Å². The van der Waals surface area contributed by atoms with Crippen LogP contribution in [0.25, 0.3) is 0 Å². The molecule has 0 saturated heterocycles. The number of hydrogen-bond donors (Lipinski definition) is 2. The first-order valence-electron chi connectivity index (χ1n) is 5.64. The van der Waals surface area contributed by atoms with E-state index < -0.39 is 10.5 Å². The second-order valence-corrected chi connectivity index (χ2v) is 4.57. The van der Waals surface area contributed by atoms with Gasteiger partial charge in [0.25, 0.3) is 0 Å². The fourth-order valence-electron chi connectivity index (χ4n) is 2.21. The van der Waals surface area contributed by atoms with Gasteiger partial charge in [-0.1, -0.05) is 12.8 Å². The van der Waals surface area contributed by atoms with E-state index in [1.807, 2.05) is 0 Å². The SMILES string of the molecule is Cn1cnc([N+](=O)[O-])c1NCC1(O)CCCC1. The Morgan fingerprint density at radius 2 is 2.29 bits per heavy atom. The van der Waals surface area contributed by atoms with E-state index in [1.165, 1.54) is 6.33 Å². The van der Waals surface area contributed by atoms with Gasteiger partial charge in [0.2, 0.25) is 12.1 Å². The zero-order valence-corrected chi connectivity index (χ0v) is 9.72. The molecule has 94 valence electrons. The Balaban J connectivity index is 2.08. The summed E-state index contributed by atoms with van der Waals surface area (Å²) in [6.07, 6.45) is 4.88. The van der Waals surface area contributed by atoms with Crippen LogP contribution >= 0.6 is 0 Å². The van der Waals surface area contributed by atoms with Crippen molar-refractivity contribution in [3.8, 4) is 0 Å². The molecule has 1 fully saturated rings. The average molecular weight is 240 g/mol. The lowest BCUT2D eigenvalue weighted by Crippen LogP contribution is -2.34. The summed E-state index contributed by atoms with van der Waals surface area (Å²) in [5.74, 6) is 0.143. The van der Waals surface area contributed by atoms with E-state index in [1.54, 1.807) is 11.6 Å². The molecule has 1 aliphatic rings. The molecule has 0 aromatic carbocycles. The molecule has 0 radical (unpaired) electrons. The Hall–Kier alpha value is -1.63. The van der Waals surface area contributed by atoms with Crippen molar-refractivity contribution in [2.75, 3.05) is 11.9 Å². The number of nitrogens with zero attached hydrogens (tertiary/aromatic N) is 3. The molecular formula is C10H16N4O3. The van der Waals surface area contributed by atoms with Crippen molar-refractivity contribution in [1.29, 1.82) is 0 Å². The molecule has 0 unspecified atom stereocenters. The topological polar surface area (TPSA) is 93.2 Å². The first-order valence-corrected chi connectivity index (χ1v) is 5.64. The molecule has 1 aromatic rings. The van der Waals surface area contributed by atoms with Crippen LogP contribution in [-0.2, 0) is 7.05 Å². The fraction of sp³-hybridized carbons (Fsp3) is 0.700. The number of aryl methyl sites for hydroxylation is 1. The average Bonchev–Trinajstić information content (AvgIpc) is 2.83. The molecule has 0 aliphatic heterocycles. The van der Waals surface area contributed by atoms with Gasteiger partial charge in [0.15, 0.2) is 0 Å². The summed E-state index contributed by atoms with van der Waals surface area (Å²) in [4.78, 5) is 13.9. The van der Waals surface area contributed by atoms with E-state index >= 15 is 0 Å². The molecule has 2 N–H and O–H groups in total. The second kappa shape index (κ2) is 4.33. The Kier molecular flexibility index (Phi) is 3.01. The monoisotopic (exact) mass is 240 g/mol. The van der Waals surface area contributed by atoms with Crippen molar-refractivity contribution in [3.05, 3.63) is 16.4 Å². The van der Waals surface area contributed by atoms with Gasteiger partial charge < -0.3 is 20.5 Å². The van der Waals surface area contributed by atoms with Crippen LogP contribution in [0, 0.1) is 10.1 Å². The van der Waals surface area contributed by atoms with Crippen LogP contribution in [0.1, 0.15) is 25.7 Å².